The quantitative estimate of drug-likeness (QED) is 0.325. The van der Waals surface area contributed by atoms with E-state index < -0.39 is 18.0 Å². The van der Waals surface area contributed by atoms with Gasteiger partial charge in [-0.25, -0.2) is 14.0 Å². The first-order valence-electron chi connectivity index (χ1n) is 8.83. The van der Waals surface area contributed by atoms with Crippen molar-refractivity contribution in [3.63, 3.8) is 0 Å². The van der Waals surface area contributed by atoms with Gasteiger partial charge in [0.05, 0.1) is 29.7 Å². The van der Waals surface area contributed by atoms with E-state index in [1.165, 1.54) is 17.0 Å². The Morgan fingerprint density at radius 2 is 2.29 bits per heavy atom. The molecular weight excluding hydrogens is 383 g/mol. The zero-order chi connectivity index (χ0) is 20.1. The van der Waals surface area contributed by atoms with Crippen LogP contribution in [-0.4, -0.2) is 43.7 Å². The van der Waals surface area contributed by atoms with Crippen LogP contribution < -0.4 is 9.80 Å². The Morgan fingerprint density at radius 3 is 2.96 bits per heavy atom. The predicted molar refractivity (Wildman–Crippen MR) is 104 cm³/mol. The van der Waals surface area contributed by atoms with Gasteiger partial charge in [0, 0.05) is 19.2 Å². The molecule has 0 radical (unpaired) electrons. The number of halogens is 1. The van der Waals surface area contributed by atoms with E-state index in [1.807, 2.05) is 11.8 Å². The Bertz CT molecular complexity index is 878. The number of allylic oxidation sites excluding steroid dienone is 1. The molecule has 28 heavy (non-hydrogen) atoms. The topological polar surface area (TPSA) is 86.0 Å². The van der Waals surface area contributed by atoms with Gasteiger partial charge in [0.1, 0.15) is 11.9 Å². The van der Waals surface area contributed by atoms with Gasteiger partial charge in [0.2, 0.25) is 6.08 Å². The lowest BCUT2D eigenvalue weighted by atomic mass is 9.92. The zero-order valence-electron chi connectivity index (χ0n) is 15.3. The molecule has 2 saturated heterocycles. The summed E-state index contributed by atoms with van der Waals surface area (Å²) < 4.78 is 23.4. The van der Waals surface area contributed by atoms with Crippen LogP contribution in [0.4, 0.5) is 20.6 Å². The number of nitriles is 1. The number of isocyanates is 1. The molecule has 1 amide bonds. The van der Waals surface area contributed by atoms with E-state index in [4.69, 9.17) is 10.00 Å². The van der Waals surface area contributed by atoms with Gasteiger partial charge in [0.25, 0.3) is 0 Å². The van der Waals surface area contributed by atoms with Gasteiger partial charge < -0.3 is 9.64 Å². The molecule has 2 unspecified atom stereocenters. The molecule has 0 aromatic heterocycles. The molecule has 2 aliphatic heterocycles. The third-order valence-corrected chi connectivity index (χ3v) is 5.59. The van der Waals surface area contributed by atoms with Crippen LogP contribution in [0.1, 0.15) is 13.3 Å². The average Bonchev–Trinajstić information content (AvgIpc) is 3.04. The van der Waals surface area contributed by atoms with Crippen molar-refractivity contribution in [2.75, 3.05) is 35.2 Å². The zero-order valence-corrected chi connectivity index (χ0v) is 16.1. The maximum atomic E-state index is 14.8. The van der Waals surface area contributed by atoms with E-state index in [1.54, 1.807) is 18.2 Å². The highest BCUT2D eigenvalue weighted by atomic mass is 32.2. The molecule has 1 aromatic rings. The molecule has 1 aromatic carbocycles. The van der Waals surface area contributed by atoms with Crippen LogP contribution in [0.3, 0.4) is 0 Å². The molecular formula is C19H19FN4O3S. The molecule has 7 nitrogen and oxygen atoms in total. The lowest BCUT2D eigenvalue weighted by Crippen LogP contribution is -2.36. The second kappa shape index (κ2) is 8.91. The fourth-order valence-corrected chi connectivity index (χ4v) is 3.92. The van der Waals surface area contributed by atoms with E-state index in [0.29, 0.717) is 30.2 Å². The van der Waals surface area contributed by atoms with Gasteiger partial charge in [-0.15, -0.1) is 4.40 Å². The number of nitrogens with zero attached hydrogens (tertiary/aromatic N) is 4. The number of amides is 1. The molecule has 0 saturated carbocycles. The third-order valence-electron chi connectivity index (χ3n) is 4.87. The van der Waals surface area contributed by atoms with Crippen molar-refractivity contribution < 1.29 is 18.7 Å². The Hall–Kier alpha value is -2.82. The van der Waals surface area contributed by atoms with Crippen LogP contribution in [0.5, 0.6) is 0 Å². The van der Waals surface area contributed by atoms with Crippen molar-refractivity contribution in [1.82, 2.24) is 0 Å². The Kier molecular flexibility index (Phi) is 6.34. The molecule has 3 rings (SSSR count). The molecule has 2 heterocycles. The molecule has 146 valence electrons. The van der Waals surface area contributed by atoms with E-state index in [9.17, 15) is 14.0 Å². The minimum atomic E-state index is -0.550. The molecule has 2 atom stereocenters. The second-order valence-electron chi connectivity index (χ2n) is 6.68. The number of anilines is 2. The smallest absolute Gasteiger partial charge is 0.414 e. The molecule has 0 aliphatic carbocycles. The standard InChI is InChI=1S/C19H19FN4O3S/c1-13-9-23(7-5-14(13)4-6-21)18-3-2-15(8-17(18)20)24-10-16(27-19(24)26)11-28-22-12-25/h2-4,8,13,16H,5,7,9-11H2,1H3/b14-4-. The summed E-state index contributed by atoms with van der Waals surface area (Å²) in [5.74, 6) is 0.101. The number of piperidine rings is 1. The lowest BCUT2D eigenvalue weighted by Gasteiger charge is -2.34. The lowest BCUT2D eigenvalue weighted by molar-refractivity contribution is 0.151. The number of hydrogen-bond donors (Lipinski definition) is 0. The van der Waals surface area contributed by atoms with Crippen LogP contribution in [0, 0.1) is 23.1 Å². The highest BCUT2D eigenvalue weighted by Crippen LogP contribution is 2.32. The number of hydrogen-bond acceptors (Lipinski definition) is 7. The minimum absolute atomic E-state index is 0.174. The van der Waals surface area contributed by atoms with Gasteiger partial charge >= 0.3 is 6.09 Å². The fourth-order valence-electron chi connectivity index (χ4n) is 3.45. The molecule has 9 heteroatoms. The van der Waals surface area contributed by atoms with Crippen LogP contribution in [0.15, 0.2) is 34.2 Å². The Balaban J connectivity index is 1.69. The molecule has 0 bridgehead atoms. The number of carbonyl (C=O) groups excluding carboxylic acids is 2. The minimum Gasteiger partial charge on any atom is -0.443 e. The Labute approximate surface area is 166 Å². The summed E-state index contributed by atoms with van der Waals surface area (Å²) in [7, 11) is 0. The van der Waals surface area contributed by atoms with Gasteiger partial charge in [-0.3, -0.25) is 4.90 Å². The van der Waals surface area contributed by atoms with Gasteiger partial charge in [-0.1, -0.05) is 12.5 Å². The average molecular weight is 402 g/mol. The molecule has 2 fully saturated rings. The largest absolute Gasteiger partial charge is 0.443 e. The summed E-state index contributed by atoms with van der Waals surface area (Å²) in [6, 6.07) is 6.77. The van der Waals surface area contributed by atoms with E-state index in [0.717, 1.165) is 23.9 Å². The maximum Gasteiger partial charge on any atom is 0.414 e. The summed E-state index contributed by atoms with van der Waals surface area (Å²) in [6.45, 7) is 3.55. The molecule has 0 spiro atoms. The number of carbonyl (C=O) groups is 1. The Morgan fingerprint density at radius 1 is 1.46 bits per heavy atom. The van der Waals surface area contributed by atoms with Crippen molar-refractivity contribution in [2.24, 2.45) is 10.3 Å². The monoisotopic (exact) mass is 402 g/mol. The van der Waals surface area contributed by atoms with Gasteiger partial charge in [-0.2, -0.15) is 5.26 Å². The van der Waals surface area contributed by atoms with Crippen molar-refractivity contribution >= 4 is 35.5 Å². The second-order valence-corrected chi connectivity index (χ2v) is 7.45. The van der Waals surface area contributed by atoms with Crippen molar-refractivity contribution in [1.29, 1.82) is 5.26 Å². The number of cyclic esters (lactones) is 1. The first-order valence-corrected chi connectivity index (χ1v) is 9.78. The third kappa shape index (κ3) is 4.35. The van der Waals surface area contributed by atoms with Gasteiger partial charge in [0.15, 0.2) is 0 Å². The number of rotatable bonds is 5. The highest BCUT2D eigenvalue weighted by molar-refractivity contribution is 7.98. The summed E-state index contributed by atoms with van der Waals surface area (Å²) in [4.78, 5) is 25.5. The van der Waals surface area contributed by atoms with Crippen LogP contribution in [-0.2, 0) is 9.53 Å². The predicted octanol–water partition coefficient (Wildman–Crippen LogP) is 3.43. The first kappa shape index (κ1) is 19.9. The summed E-state index contributed by atoms with van der Waals surface area (Å²) in [6.07, 6.45) is 2.74. The number of benzene rings is 1. The normalized spacial score (nSPS) is 23.3. The van der Waals surface area contributed by atoms with Crippen LogP contribution >= 0.6 is 11.9 Å². The van der Waals surface area contributed by atoms with E-state index >= 15 is 0 Å². The fraction of sp³-hybridized carbons (Fsp3) is 0.421. The number of ether oxygens (including phenoxy) is 1. The molecule has 0 N–H and O–H groups in total. The first-order chi connectivity index (χ1) is 13.5. The van der Waals surface area contributed by atoms with E-state index in [2.05, 4.69) is 10.5 Å². The van der Waals surface area contributed by atoms with Crippen molar-refractivity contribution in [3.8, 4) is 6.07 Å². The SMILES string of the molecule is CC1CN(c2ccc(N3CC(CSN=C=O)OC3=O)cc2F)CC/C1=C/C#N. The molecule has 2 aliphatic rings. The maximum absolute atomic E-state index is 14.8. The van der Waals surface area contributed by atoms with Crippen molar-refractivity contribution in [3.05, 3.63) is 35.7 Å². The highest BCUT2D eigenvalue weighted by Gasteiger charge is 2.33. The van der Waals surface area contributed by atoms with Crippen LogP contribution in [0.25, 0.3) is 0 Å². The van der Waals surface area contributed by atoms with Crippen LogP contribution in [0.2, 0.25) is 0 Å². The van der Waals surface area contributed by atoms with Gasteiger partial charge in [-0.05, 0) is 42.5 Å². The summed E-state index contributed by atoms with van der Waals surface area (Å²) in [5, 5.41) is 8.83. The van der Waals surface area contributed by atoms with E-state index in [-0.39, 0.29) is 12.5 Å². The summed E-state index contributed by atoms with van der Waals surface area (Å²) in [5.41, 5.74) is 1.98. The van der Waals surface area contributed by atoms with Crippen molar-refractivity contribution in [2.45, 2.75) is 19.4 Å². The summed E-state index contributed by atoms with van der Waals surface area (Å²) >= 11 is 0.970.